The number of piperazine rings is 1. The molecule has 5 nitrogen and oxygen atoms in total. The third-order valence-corrected chi connectivity index (χ3v) is 4.47. The number of carbonyl (C=O) groups excluding carboxylic acids is 1. The smallest absolute Gasteiger partial charge is 0.246 e. The molecule has 0 N–H and O–H groups in total. The second kappa shape index (κ2) is 7.64. The van der Waals surface area contributed by atoms with Crippen molar-refractivity contribution in [3.63, 3.8) is 0 Å². The second-order valence-corrected chi connectivity index (χ2v) is 6.33. The van der Waals surface area contributed by atoms with Gasteiger partial charge in [0.2, 0.25) is 5.91 Å². The molecular weight excluding hydrogens is 326 g/mol. The molecule has 1 aliphatic heterocycles. The van der Waals surface area contributed by atoms with Crippen molar-refractivity contribution in [2.75, 3.05) is 26.2 Å². The van der Waals surface area contributed by atoms with E-state index in [1.165, 1.54) is 0 Å². The zero-order valence-corrected chi connectivity index (χ0v) is 14.4. The minimum absolute atomic E-state index is 0.0470. The number of benzene rings is 1. The predicted molar refractivity (Wildman–Crippen MR) is 93.6 cm³/mol. The number of aromatic nitrogens is 1. The number of hydrogen-bond donors (Lipinski definition) is 0. The average Bonchev–Trinajstić information content (AvgIpc) is 3.00. The standard InChI is InChI=1S/C18H20ClN3O2/c1-14-16(12-20-24-14)13-21-8-10-22(11-9-21)18(23)7-4-15-2-5-17(19)6-3-15/h2-7,12H,8-11,13H2,1H3/b7-4+. The Labute approximate surface area is 146 Å². The van der Waals surface area contributed by atoms with Gasteiger partial charge in [0.15, 0.2) is 0 Å². The molecule has 1 aliphatic rings. The van der Waals surface area contributed by atoms with Crippen LogP contribution in [0.3, 0.4) is 0 Å². The molecule has 1 fully saturated rings. The third kappa shape index (κ3) is 4.24. The highest BCUT2D eigenvalue weighted by molar-refractivity contribution is 6.30. The summed E-state index contributed by atoms with van der Waals surface area (Å²) in [6.07, 6.45) is 5.22. The van der Waals surface area contributed by atoms with Gasteiger partial charge in [-0.1, -0.05) is 28.9 Å². The lowest BCUT2D eigenvalue weighted by molar-refractivity contribution is -0.127. The molecule has 1 amide bonds. The normalized spacial score (nSPS) is 16.0. The Morgan fingerprint density at radius 3 is 2.58 bits per heavy atom. The molecule has 1 aromatic carbocycles. The van der Waals surface area contributed by atoms with E-state index in [0.29, 0.717) is 5.02 Å². The van der Waals surface area contributed by atoms with Gasteiger partial charge in [-0.2, -0.15) is 0 Å². The summed E-state index contributed by atoms with van der Waals surface area (Å²) < 4.78 is 5.09. The van der Waals surface area contributed by atoms with E-state index in [4.69, 9.17) is 16.1 Å². The molecule has 1 saturated heterocycles. The summed E-state index contributed by atoms with van der Waals surface area (Å²) >= 11 is 5.86. The fourth-order valence-corrected chi connectivity index (χ4v) is 2.81. The number of amides is 1. The molecule has 126 valence electrons. The minimum Gasteiger partial charge on any atom is -0.361 e. The van der Waals surface area contributed by atoms with E-state index in [2.05, 4.69) is 10.1 Å². The lowest BCUT2D eigenvalue weighted by Crippen LogP contribution is -2.47. The summed E-state index contributed by atoms with van der Waals surface area (Å²) in [4.78, 5) is 16.5. The topological polar surface area (TPSA) is 49.6 Å². The Balaban J connectivity index is 1.49. The monoisotopic (exact) mass is 345 g/mol. The minimum atomic E-state index is 0.0470. The number of aryl methyl sites for hydroxylation is 1. The van der Waals surface area contributed by atoms with Crippen LogP contribution in [0.1, 0.15) is 16.9 Å². The number of rotatable bonds is 4. The summed E-state index contributed by atoms with van der Waals surface area (Å²) in [6.45, 7) is 5.90. The SMILES string of the molecule is Cc1oncc1CN1CCN(C(=O)/C=C/c2ccc(Cl)cc2)CC1. The highest BCUT2D eigenvalue weighted by atomic mass is 35.5. The van der Waals surface area contributed by atoms with Gasteiger partial charge in [0.25, 0.3) is 0 Å². The molecule has 3 rings (SSSR count). The van der Waals surface area contributed by atoms with E-state index in [0.717, 1.165) is 49.6 Å². The van der Waals surface area contributed by atoms with Gasteiger partial charge in [0.05, 0.1) is 6.20 Å². The first kappa shape index (κ1) is 16.7. The summed E-state index contributed by atoms with van der Waals surface area (Å²) in [5.74, 6) is 0.908. The van der Waals surface area contributed by atoms with Crippen LogP contribution in [0.5, 0.6) is 0 Å². The summed E-state index contributed by atoms with van der Waals surface area (Å²) in [6, 6.07) is 7.42. The Bertz CT molecular complexity index is 716. The van der Waals surface area contributed by atoms with Gasteiger partial charge in [-0.3, -0.25) is 9.69 Å². The molecule has 1 aromatic heterocycles. The van der Waals surface area contributed by atoms with Crippen molar-refractivity contribution < 1.29 is 9.32 Å². The fraction of sp³-hybridized carbons (Fsp3) is 0.333. The zero-order chi connectivity index (χ0) is 16.9. The summed E-state index contributed by atoms with van der Waals surface area (Å²) in [5, 5.41) is 4.50. The molecule has 0 unspecified atom stereocenters. The van der Waals surface area contributed by atoms with Gasteiger partial charge in [-0.25, -0.2) is 0 Å². The molecule has 2 heterocycles. The van der Waals surface area contributed by atoms with E-state index in [-0.39, 0.29) is 5.91 Å². The maximum atomic E-state index is 12.3. The number of hydrogen-bond acceptors (Lipinski definition) is 4. The van der Waals surface area contributed by atoms with Crippen LogP contribution in [-0.2, 0) is 11.3 Å². The van der Waals surface area contributed by atoms with Crippen molar-refractivity contribution in [2.24, 2.45) is 0 Å². The van der Waals surface area contributed by atoms with Gasteiger partial charge in [0, 0.05) is 49.4 Å². The van der Waals surface area contributed by atoms with E-state index in [9.17, 15) is 4.79 Å². The van der Waals surface area contributed by atoms with Crippen molar-refractivity contribution in [2.45, 2.75) is 13.5 Å². The van der Waals surface area contributed by atoms with Gasteiger partial charge in [-0.05, 0) is 30.7 Å². The molecule has 6 heteroatoms. The fourth-order valence-electron chi connectivity index (χ4n) is 2.68. The van der Waals surface area contributed by atoms with E-state index in [1.54, 1.807) is 12.3 Å². The zero-order valence-electron chi connectivity index (χ0n) is 13.6. The molecule has 0 aliphatic carbocycles. The molecule has 0 saturated carbocycles. The Morgan fingerprint density at radius 2 is 1.96 bits per heavy atom. The molecule has 2 aromatic rings. The lowest BCUT2D eigenvalue weighted by Gasteiger charge is -2.34. The van der Waals surface area contributed by atoms with Crippen LogP contribution in [0, 0.1) is 6.92 Å². The summed E-state index contributed by atoms with van der Waals surface area (Å²) in [5.41, 5.74) is 2.08. The molecule has 24 heavy (non-hydrogen) atoms. The Hall–Kier alpha value is -2.11. The lowest BCUT2D eigenvalue weighted by atomic mass is 10.2. The number of carbonyl (C=O) groups is 1. The average molecular weight is 346 g/mol. The number of halogens is 1. The summed E-state index contributed by atoms with van der Waals surface area (Å²) in [7, 11) is 0. The van der Waals surface area contributed by atoms with Crippen LogP contribution >= 0.6 is 11.6 Å². The van der Waals surface area contributed by atoms with Crippen LogP contribution in [0.4, 0.5) is 0 Å². The molecule has 0 radical (unpaired) electrons. The highest BCUT2D eigenvalue weighted by Gasteiger charge is 2.20. The van der Waals surface area contributed by atoms with Gasteiger partial charge < -0.3 is 9.42 Å². The van der Waals surface area contributed by atoms with Gasteiger partial charge >= 0.3 is 0 Å². The van der Waals surface area contributed by atoms with Crippen molar-refractivity contribution in [1.82, 2.24) is 15.0 Å². The van der Waals surface area contributed by atoms with Crippen LogP contribution in [0.25, 0.3) is 6.08 Å². The molecule has 0 bridgehead atoms. The first-order chi connectivity index (χ1) is 11.6. The predicted octanol–water partition coefficient (Wildman–Crippen LogP) is 2.99. The maximum absolute atomic E-state index is 12.3. The van der Waals surface area contributed by atoms with Crippen LogP contribution < -0.4 is 0 Å². The van der Waals surface area contributed by atoms with Crippen molar-refractivity contribution in [3.05, 3.63) is 58.4 Å². The second-order valence-electron chi connectivity index (χ2n) is 5.89. The highest BCUT2D eigenvalue weighted by Crippen LogP contribution is 2.13. The third-order valence-electron chi connectivity index (χ3n) is 4.22. The van der Waals surface area contributed by atoms with Crippen LogP contribution in [0.2, 0.25) is 5.02 Å². The van der Waals surface area contributed by atoms with Crippen molar-refractivity contribution >= 4 is 23.6 Å². The van der Waals surface area contributed by atoms with E-state index >= 15 is 0 Å². The first-order valence-corrected chi connectivity index (χ1v) is 8.34. The largest absolute Gasteiger partial charge is 0.361 e. The molecule has 0 spiro atoms. The molecule has 0 atom stereocenters. The number of nitrogens with zero attached hydrogens (tertiary/aromatic N) is 3. The quantitative estimate of drug-likeness (QED) is 0.799. The molecular formula is C18H20ClN3O2. The van der Waals surface area contributed by atoms with E-state index < -0.39 is 0 Å². The maximum Gasteiger partial charge on any atom is 0.246 e. The van der Waals surface area contributed by atoms with Gasteiger partial charge in [0.1, 0.15) is 5.76 Å². The first-order valence-electron chi connectivity index (χ1n) is 7.97. The van der Waals surface area contributed by atoms with E-state index in [1.807, 2.05) is 42.2 Å². The Kier molecular flexibility index (Phi) is 5.33. The van der Waals surface area contributed by atoms with Crippen molar-refractivity contribution in [1.29, 1.82) is 0 Å². The van der Waals surface area contributed by atoms with Crippen LogP contribution in [-0.4, -0.2) is 47.0 Å². The van der Waals surface area contributed by atoms with Crippen LogP contribution in [0.15, 0.2) is 41.1 Å². The van der Waals surface area contributed by atoms with Crippen molar-refractivity contribution in [3.8, 4) is 0 Å². The van der Waals surface area contributed by atoms with Gasteiger partial charge in [-0.15, -0.1) is 0 Å². The Morgan fingerprint density at radius 1 is 1.25 bits per heavy atom.